The third kappa shape index (κ3) is 3.44. The van der Waals surface area contributed by atoms with E-state index in [9.17, 15) is 9.90 Å². The standard InChI is InChI=1S/C15H13Cl2NO2/c16-12-7-4-8-13(14(12)17)18-9-11(15(19)20)10-5-2-1-3-6-10/h1-8,11,18H,9H2,(H,19,20). The molecule has 20 heavy (non-hydrogen) atoms. The van der Waals surface area contributed by atoms with Gasteiger partial charge in [-0.3, -0.25) is 4.79 Å². The molecule has 0 spiro atoms. The van der Waals surface area contributed by atoms with Gasteiger partial charge in [0.05, 0.1) is 21.7 Å². The van der Waals surface area contributed by atoms with Crippen LogP contribution in [0, 0.1) is 0 Å². The van der Waals surface area contributed by atoms with E-state index in [-0.39, 0.29) is 6.54 Å². The van der Waals surface area contributed by atoms with Crippen molar-refractivity contribution >= 4 is 34.9 Å². The van der Waals surface area contributed by atoms with Crippen molar-refractivity contribution in [2.75, 3.05) is 11.9 Å². The molecule has 2 aromatic rings. The fourth-order valence-corrected chi connectivity index (χ4v) is 2.25. The Labute approximate surface area is 127 Å². The van der Waals surface area contributed by atoms with Crippen LogP contribution in [0.25, 0.3) is 0 Å². The number of anilines is 1. The summed E-state index contributed by atoms with van der Waals surface area (Å²) in [6, 6.07) is 14.3. The van der Waals surface area contributed by atoms with Crippen molar-refractivity contribution in [1.29, 1.82) is 0 Å². The summed E-state index contributed by atoms with van der Waals surface area (Å²) in [5, 5.41) is 13.2. The summed E-state index contributed by atoms with van der Waals surface area (Å²) in [5.74, 6) is -1.53. The molecule has 0 heterocycles. The molecule has 0 saturated heterocycles. The van der Waals surface area contributed by atoms with Crippen LogP contribution in [-0.2, 0) is 4.79 Å². The van der Waals surface area contributed by atoms with Crippen molar-refractivity contribution in [2.24, 2.45) is 0 Å². The summed E-state index contributed by atoms with van der Waals surface area (Å²) >= 11 is 12.0. The highest BCUT2D eigenvalue weighted by atomic mass is 35.5. The van der Waals surface area contributed by atoms with Crippen LogP contribution in [0.1, 0.15) is 11.5 Å². The lowest BCUT2D eigenvalue weighted by atomic mass is 9.99. The number of halogens is 2. The number of carboxylic acids is 1. The van der Waals surface area contributed by atoms with E-state index in [2.05, 4.69) is 5.32 Å². The van der Waals surface area contributed by atoms with E-state index in [4.69, 9.17) is 23.2 Å². The maximum absolute atomic E-state index is 11.4. The minimum atomic E-state index is -0.887. The Balaban J connectivity index is 2.14. The van der Waals surface area contributed by atoms with E-state index in [1.807, 2.05) is 18.2 Å². The second kappa shape index (κ2) is 6.64. The quantitative estimate of drug-likeness (QED) is 0.867. The Morgan fingerprint density at radius 2 is 1.80 bits per heavy atom. The number of nitrogens with one attached hydrogen (secondary N) is 1. The van der Waals surface area contributed by atoms with E-state index in [0.717, 1.165) is 5.56 Å². The molecule has 0 amide bonds. The van der Waals surface area contributed by atoms with Crippen molar-refractivity contribution in [1.82, 2.24) is 0 Å². The Kier molecular flexibility index (Phi) is 4.88. The smallest absolute Gasteiger partial charge is 0.312 e. The molecule has 1 unspecified atom stereocenters. The number of aliphatic carboxylic acids is 1. The zero-order chi connectivity index (χ0) is 14.5. The normalized spacial score (nSPS) is 11.9. The largest absolute Gasteiger partial charge is 0.481 e. The first-order chi connectivity index (χ1) is 9.59. The minimum absolute atomic E-state index is 0.236. The van der Waals surface area contributed by atoms with Crippen LogP contribution in [0.4, 0.5) is 5.69 Å². The predicted octanol–water partition coefficient (Wildman–Crippen LogP) is 4.27. The first-order valence-corrected chi connectivity index (χ1v) is 6.81. The van der Waals surface area contributed by atoms with Gasteiger partial charge in [0.2, 0.25) is 0 Å². The van der Waals surface area contributed by atoms with Gasteiger partial charge < -0.3 is 10.4 Å². The Bertz CT molecular complexity index is 602. The summed E-state index contributed by atoms with van der Waals surface area (Å²) in [6.07, 6.45) is 0. The summed E-state index contributed by atoms with van der Waals surface area (Å²) in [4.78, 5) is 11.4. The number of carbonyl (C=O) groups is 1. The lowest BCUT2D eigenvalue weighted by Gasteiger charge is -2.15. The van der Waals surface area contributed by atoms with Crippen LogP contribution in [0.15, 0.2) is 48.5 Å². The van der Waals surface area contributed by atoms with Crippen LogP contribution >= 0.6 is 23.2 Å². The molecule has 104 valence electrons. The average molecular weight is 310 g/mol. The van der Waals surface area contributed by atoms with Crippen LogP contribution in [0.3, 0.4) is 0 Å². The topological polar surface area (TPSA) is 49.3 Å². The molecule has 5 heteroatoms. The van der Waals surface area contributed by atoms with Gasteiger partial charge in [0.1, 0.15) is 0 Å². The molecule has 0 bridgehead atoms. The van der Waals surface area contributed by atoms with Gasteiger partial charge in [-0.25, -0.2) is 0 Å². The first kappa shape index (κ1) is 14.7. The van der Waals surface area contributed by atoms with Crippen LogP contribution in [0.2, 0.25) is 10.0 Å². The molecule has 3 nitrogen and oxygen atoms in total. The zero-order valence-electron chi connectivity index (χ0n) is 10.5. The molecule has 1 atom stereocenters. The molecule has 0 aliphatic heterocycles. The van der Waals surface area contributed by atoms with Gasteiger partial charge in [-0.15, -0.1) is 0 Å². The van der Waals surface area contributed by atoms with Crippen LogP contribution in [-0.4, -0.2) is 17.6 Å². The van der Waals surface area contributed by atoms with Crippen molar-refractivity contribution in [3.63, 3.8) is 0 Å². The van der Waals surface area contributed by atoms with Gasteiger partial charge in [0.25, 0.3) is 0 Å². The molecule has 0 aromatic heterocycles. The minimum Gasteiger partial charge on any atom is -0.481 e. The molecule has 0 saturated carbocycles. The molecular weight excluding hydrogens is 297 g/mol. The monoisotopic (exact) mass is 309 g/mol. The third-order valence-electron chi connectivity index (χ3n) is 2.95. The Hall–Kier alpha value is -1.71. The van der Waals surface area contributed by atoms with Crippen molar-refractivity contribution in [2.45, 2.75) is 5.92 Å². The third-order valence-corrected chi connectivity index (χ3v) is 3.77. The van der Waals surface area contributed by atoms with Crippen molar-refractivity contribution < 1.29 is 9.90 Å². The first-order valence-electron chi connectivity index (χ1n) is 6.05. The molecule has 2 rings (SSSR count). The number of hydrogen-bond donors (Lipinski definition) is 2. The van der Waals surface area contributed by atoms with Gasteiger partial charge in [0.15, 0.2) is 0 Å². The van der Waals surface area contributed by atoms with E-state index in [0.29, 0.717) is 15.7 Å². The fraction of sp³-hybridized carbons (Fsp3) is 0.133. The zero-order valence-corrected chi connectivity index (χ0v) is 12.0. The van der Waals surface area contributed by atoms with Crippen LogP contribution in [0.5, 0.6) is 0 Å². The predicted molar refractivity (Wildman–Crippen MR) is 81.8 cm³/mol. The summed E-state index contributed by atoms with van der Waals surface area (Å²) in [6.45, 7) is 0.236. The molecule has 0 aliphatic carbocycles. The Morgan fingerprint density at radius 3 is 2.45 bits per heavy atom. The van der Waals surface area contributed by atoms with Gasteiger partial charge in [-0.05, 0) is 17.7 Å². The molecule has 0 fully saturated rings. The summed E-state index contributed by atoms with van der Waals surface area (Å²) in [5.41, 5.74) is 1.37. The number of benzene rings is 2. The highest BCUT2D eigenvalue weighted by Crippen LogP contribution is 2.30. The van der Waals surface area contributed by atoms with Gasteiger partial charge in [-0.1, -0.05) is 59.6 Å². The lowest BCUT2D eigenvalue weighted by molar-refractivity contribution is -0.138. The second-order valence-corrected chi connectivity index (χ2v) is 5.07. The lowest BCUT2D eigenvalue weighted by Crippen LogP contribution is -2.21. The summed E-state index contributed by atoms with van der Waals surface area (Å²) < 4.78 is 0. The molecule has 0 radical (unpaired) electrons. The number of hydrogen-bond acceptors (Lipinski definition) is 2. The van der Waals surface area contributed by atoms with E-state index in [1.54, 1.807) is 30.3 Å². The molecular formula is C15H13Cl2NO2. The van der Waals surface area contributed by atoms with Crippen LogP contribution < -0.4 is 5.32 Å². The maximum atomic E-state index is 11.4. The summed E-state index contributed by atoms with van der Waals surface area (Å²) in [7, 11) is 0. The Morgan fingerprint density at radius 1 is 1.10 bits per heavy atom. The van der Waals surface area contributed by atoms with Crippen molar-refractivity contribution in [3.05, 3.63) is 64.1 Å². The molecule has 2 N–H and O–H groups in total. The molecule has 2 aromatic carbocycles. The number of rotatable bonds is 5. The molecule has 0 aliphatic rings. The number of carboxylic acid groups (broad SMARTS) is 1. The van der Waals surface area contributed by atoms with E-state index < -0.39 is 11.9 Å². The fourth-order valence-electron chi connectivity index (χ4n) is 1.89. The van der Waals surface area contributed by atoms with Crippen molar-refractivity contribution in [3.8, 4) is 0 Å². The second-order valence-electron chi connectivity index (χ2n) is 4.28. The van der Waals surface area contributed by atoms with E-state index >= 15 is 0 Å². The van der Waals surface area contributed by atoms with E-state index in [1.165, 1.54) is 0 Å². The van der Waals surface area contributed by atoms with Gasteiger partial charge in [-0.2, -0.15) is 0 Å². The maximum Gasteiger partial charge on any atom is 0.312 e. The average Bonchev–Trinajstić information content (AvgIpc) is 2.44. The highest BCUT2D eigenvalue weighted by Gasteiger charge is 2.19. The SMILES string of the molecule is O=C(O)C(CNc1cccc(Cl)c1Cl)c1ccccc1. The van der Waals surface area contributed by atoms with Gasteiger partial charge in [0, 0.05) is 6.54 Å². The van der Waals surface area contributed by atoms with Gasteiger partial charge >= 0.3 is 5.97 Å². The highest BCUT2D eigenvalue weighted by molar-refractivity contribution is 6.43.